The molecular weight excluding hydrogens is 210 g/mol. The summed E-state index contributed by atoms with van der Waals surface area (Å²) in [6.45, 7) is 4.17. The Kier molecular flexibility index (Phi) is 5.54. The van der Waals surface area contributed by atoms with Gasteiger partial charge in [0.25, 0.3) is 0 Å². The van der Waals surface area contributed by atoms with Crippen LogP contribution in [0.5, 0.6) is 0 Å². The van der Waals surface area contributed by atoms with Crippen LogP contribution in [-0.4, -0.2) is 8.96 Å². The molecule has 0 aliphatic rings. The smallest absolute Gasteiger partial charge is 0.0995 e. The Morgan fingerprint density at radius 2 is 0.938 bits per heavy atom. The molecule has 2 aromatic rings. The van der Waals surface area contributed by atoms with Gasteiger partial charge in [-0.3, -0.25) is 0 Å². The highest BCUT2D eigenvalue weighted by Crippen LogP contribution is 2.17. The van der Waals surface area contributed by atoms with E-state index in [9.17, 15) is 0 Å². The molecule has 2 rings (SSSR count). The van der Waals surface area contributed by atoms with E-state index in [2.05, 4.69) is 61.6 Å². The molecular formula is C14H19NSi. The minimum atomic E-state index is -0.639. The lowest BCUT2D eigenvalue weighted by atomic mass is 10.1. The van der Waals surface area contributed by atoms with E-state index in [-0.39, 0.29) is 0 Å². The molecule has 0 fully saturated rings. The highest BCUT2D eigenvalue weighted by atomic mass is 28.3. The van der Waals surface area contributed by atoms with E-state index in [4.69, 9.17) is 5.40 Å². The van der Waals surface area contributed by atoms with Crippen LogP contribution in [0.1, 0.15) is 0 Å². The fourth-order valence-corrected chi connectivity index (χ4v) is 1.26. The third-order valence-corrected chi connectivity index (χ3v) is 1.88. The lowest BCUT2D eigenvalue weighted by Crippen LogP contribution is -2.13. The summed E-state index contributed by atoms with van der Waals surface area (Å²) < 4.78 is 0. The molecule has 0 unspecified atom stereocenters. The first-order valence-electron chi connectivity index (χ1n) is 5.56. The van der Waals surface area contributed by atoms with E-state index < -0.39 is 8.96 Å². The summed E-state index contributed by atoms with van der Waals surface area (Å²) >= 11 is 0. The molecule has 0 bridgehead atoms. The van der Waals surface area contributed by atoms with Gasteiger partial charge in [-0.25, -0.2) is 0 Å². The van der Waals surface area contributed by atoms with E-state index in [0.29, 0.717) is 0 Å². The maximum Gasteiger partial charge on any atom is 0.0995 e. The van der Waals surface area contributed by atoms with Crippen molar-refractivity contribution in [1.29, 1.82) is 0 Å². The van der Waals surface area contributed by atoms with Gasteiger partial charge in [-0.1, -0.05) is 73.8 Å². The SMILES string of the molecule is C[SiH](C)N.c1ccc(-c2ccccc2)cc1. The Morgan fingerprint density at radius 1 is 0.688 bits per heavy atom. The second-order valence-corrected chi connectivity index (χ2v) is 6.46. The van der Waals surface area contributed by atoms with E-state index in [1.807, 2.05) is 12.1 Å². The summed E-state index contributed by atoms with van der Waals surface area (Å²) in [5.41, 5.74) is 2.55. The summed E-state index contributed by atoms with van der Waals surface area (Å²) in [5, 5.41) is 5.25. The molecule has 0 aliphatic heterocycles. The van der Waals surface area contributed by atoms with Crippen LogP contribution < -0.4 is 5.40 Å². The van der Waals surface area contributed by atoms with Gasteiger partial charge in [0.05, 0.1) is 8.96 Å². The third kappa shape index (κ3) is 4.91. The third-order valence-electron chi connectivity index (χ3n) is 1.88. The summed E-state index contributed by atoms with van der Waals surface area (Å²) in [4.78, 5) is 0. The number of rotatable bonds is 1. The molecule has 0 radical (unpaired) electrons. The number of hydrogen-bond donors (Lipinski definition) is 1. The van der Waals surface area contributed by atoms with Gasteiger partial charge in [0.15, 0.2) is 0 Å². The first-order chi connectivity index (χ1) is 7.70. The molecule has 0 aliphatic carbocycles. The van der Waals surface area contributed by atoms with Crippen molar-refractivity contribution in [2.75, 3.05) is 0 Å². The maximum absolute atomic E-state index is 5.25. The summed E-state index contributed by atoms with van der Waals surface area (Å²) in [6.07, 6.45) is 0. The first kappa shape index (κ1) is 12.7. The molecule has 2 aromatic carbocycles. The van der Waals surface area contributed by atoms with Crippen molar-refractivity contribution >= 4 is 8.96 Å². The summed E-state index contributed by atoms with van der Waals surface area (Å²) in [6, 6.07) is 20.8. The van der Waals surface area contributed by atoms with Crippen molar-refractivity contribution in [3.8, 4) is 11.1 Å². The monoisotopic (exact) mass is 229 g/mol. The summed E-state index contributed by atoms with van der Waals surface area (Å²) in [7, 11) is -0.639. The zero-order valence-corrected chi connectivity index (χ0v) is 11.1. The van der Waals surface area contributed by atoms with Crippen molar-refractivity contribution in [1.82, 2.24) is 0 Å². The van der Waals surface area contributed by atoms with Crippen LogP contribution in [0.25, 0.3) is 11.1 Å². The quantitative estimate of drug-likeness (QED) is 0.746. The Morgan fingerprint density at radius 3 is 1.19 bits per heavy atom. The van der Waals surface area contributed by atoms with Gasteiger partial charge < -0.3 is 5.40 Å². The maximum atomic E-state index is 5.25. The van der Waals surface area contributed by atoms with E-state index in [0.717, 1.165) is 0 Å². The summed E-state index contributed by atoms with van der Waals surface area (Å²) in [5.74, 6) is 0. The Hall–Kier alpha value is -1.38. The van der Waals surface area contributed by atoms with Gasteiger partial charge in [0.1, 0.15) is 0 Å². The topological polar surface area (TPSA) is 26.0 Å². The van der Waals surface area contributed by atoms with E-state index in [1.54, 1.807) is 0 Å². The molecule has 0 aromatic heterocycles. The van der Waals surface area contributed by atoms with Crippen molar-refractivity contribution in [2.24, 2.45) is 5.40 Å². The van der Waals surface area contributed by atoms with Crippen LogP contribution >= 0.6 is 0 Å². The predicted octanol–water partition coefficient (Wildman–Crippen LogP) is 3.28. The van der Waals surface area contributed by atoms with Gasteiger partial charge in [-0.2, -0.15) is 0 Å². The fourth-order valence-electron chi connectivity index (χ4n) is 1.26. The molecule has 0 heterocycles. The zero-order valence-electron chi connectivity index (χ0n) is 9.93. The first-order valence-corrected chi connectivity index (χ1v) is 8.54. The lowest BCUT2D eigenvalue weighted by Gasteiger charge is -1.98. The predicted molar refractivity (Wildman–Crippen MR) is 74.9 cm³/mol. The van der Waals surface area contributed by atoms with Crippen molar-refractivity contribution < 1.29 is 0 Å². The van der Waals surface area contributed by atoms with Crippen molar-refractivity contribution in [3.63, 3.8) is 0 Å². The van der Waals surface area contributed by atoms with Crippen LogP contribution in [0.4, 0.5) is 0 Å². The van der Waals surface area contributed by atoms with Gasteiger partial charge in [-0.15, -0.1) is 0 Å². The molecule has 84 valence electrons. The minimum absolute atomic E-state index is 0.639. The zero-order chi connectivity index (χ0) is 11.8. The molecule has 0 atom stereocenters. The average molecular weight is 229 g/mol. The van der Waals surface area contributed by atoms with Gasteiger partial charge in [-0.05, 0) is 11.1 Å². The van der Waals surface area contributed by atoms with Crippen LogP contribution in [0, 0.1) is 0 Å². The van der Waals surface area contributed by atoms with Crippen molar-refractivity contribution in [3.05, 3.63) is 60.7 Å². The molecule has 0 amide bonds. The second kappa shape index (κ2) is 6.98. The standard InChI is InChI=1S/C12H10.C2H9NSi/c1-3-7-11(8-4-1)12-9-5-2-6-10-12;1-4(2)3/h1-10H;4H,3H2,1-2H3. The van der Waals surface area contributed by atoms with Gasteiger partial charge in [0.2, 0.25) is 0 Å². The van der Waals surface area contributed by atoms with Crippen LogP contribution in [0.15, 0.2) is 60.7 Å². The molecule has 2 heteroatoms. The van der Waals surface area contributed by atoms with E-state index in [1.165, 1.54) is 11.1 Å². The lowest BCUT2D eigenvalue weighted by molar-refractivity contribution is 1.62. The van der Waals surface area contributed by atoms with Gasteiger partial charge in [0, 0.05) is 0 Å². The second-order valence-electron chi connectivity index (χ2n) is 3.98. The molecule has 16 heavy (non-hydrogen) atoms. The normalized spacial score (nSPS) is 9.50. The van der Waals surface area contributed by atoms with Crippen molar-refractivity contribution in [2.45, 2.75) is 13.1 Å². The van der Waals surface area contributed by atoms with Crippen LogP contribution in [0.3, 0.4) is 0 Å². The largest absolute Gasteiger partial charge is 0.353 e. The fraction of sp³-hybridized carbons (Fsp3) is 0.143. The molecule has 0 saturated heterocycles. The number of hydrogen-bond acceptors (Lipinski definition) is 1. The van der Waals surface area contributed by atoms with Crippen LogP contribution in [-0.2, 0) is 0 Å². The van der Waals surface area contributed by atoms with Gasteiger partial charge >= 0.3 is 0 Å². The highest BCUT2D eigenvalue weighted by molar-refractivity contribution is 6.51. The van der Waals surface area contributed by atoms with Crippen LogP contribution in [0.2, 0.25) is 13.1 Å². The van der Waals surface area contributed by atoms with E-state index >= 15 is 0 Å². The Balaban J connectivity index is 0.000000280. The molecule has 0 spiro atoms. The molecule has 1 nitrogen and oxygen atoms in total. The Bertz CT molecular complexity index is 344. The number of nitrogens with two attached hydrogens (primary N) is 1. The highest BCUT2D eigenvalue weighted by Gasteiger charge is 1.91. The minimum Gasteiger partial charge on any atom is -0.353 e. The Labute approximate surface area is 99.6 Å². The molecule has 2 N–H and O–H groups in total. The number of benzene rings is 2. The average Bonchev–Trinajstić information content (AvgIpc) is 2.31. The molecule has 0 saturated carbocycles.